The molecular weight excluding hydrogens is 132 g/mol. The van der Waals surface area contributed by atoms with E-state index in [1.54, 1.807) is 5.57 Å². The molecule has 0 fully saturated rings. The minimum absolute atomic E-state index is 0.787. The standard InChI is InChI=1S/C11H18/c1-8(2)11-7-5-6-9(3)10(11)4/h9H,1,5-7H2,2-4H3. The second-order valence-corrected chi connectivity index (χ2v) is 3.74. The molecule has 0 aromatic rings. The molecule has 0 radical (unpaired) electrons. The highest BCUT2D eigenvalue weighted by atomic mass is 14.2. The number of hydrogen-bond acceptors (Lipinski definition) is 0. The van der Waals surface area contributed by atoms with Crippen molar-refractivity contribution in [2.24, 2.45) is 5.92 Å². The lowest BCUT2D eigenvalue weighted by molar-refractivity contribution is 0.538. The van der Waals surface area contributed by atoms with Crippen LogP contribution in [0.5, 0.6) is 0 Å². The molecule has 0 heteroatoms. The first-order valence-corrected chi connectivity index (χ1v) is 4.48. The van der Waals surface area contributed by atoms with Crippen LogP contribution in [0.25, 0.3) is 0 Å². The summed E-state index contributed by atoms with van der Waals surface area (Å²) in [5, 5.41) is 0. The van der Waals surface area contributed by atoms with E-state index in [0.717, 1.165) is 5.92 Å². The third-order valence-electron chi connectivity index (χ3n) is 2.79. The molecule has 1 rings (SSSR count). The summed E-state index contributed by atoms with van der Waals surface area (Å²) in [6.45, 7) is 10.7. The Morgan fingerprint density at radius 2 is 2.18 bits per heavy atom. The summed E-state index contributed by atoms with van der Waals surface area (Å²) in [7, 11) is 0. The molecule has 0 amide bonds. The van der Waals surface area contributed by atoms with Crippen LogP contribution in [-0.4, -0.2) is 0 Å². The number of rotatable bonds is 1. The Balaban J connectivity index is 2.89. The van der Waals surface area contributed by atoms with Gasteiger partial charge in [-0.15, -0.1) is 0 Å². The second kappa shape index (κ2) is 3.25. The predicted molar refractivity (Wildman–Crippen MR) is 50.5 cm³/mol. The van der Waals surface area contributed by atoms with Crippen molar-refractivity contribution in [3.8, 4) is 0 Å². The second-order valence-electron chi connectivity index (χ2n) is 3.74. The van der Waals surface area contributed by atoms with Gasteiger partial charge in [-0.2, -0.15) is 0 Å². The minimum Gasteiger partial charge on any atom is -0.0958 e. The van der Waals surface area contributed by atoms with Gasteiger partial charge >= 0.3 is 0 Å². The van der Waals surface area contributed by atoms with Gasteiger partial charge in [0, 0.05) is 0 Å². The van der Waals surface area contributed by atoms with Gasteiger partial charge in [-0.1, -0.05) is 24.6 Å². The zero-order valence-corrected chi connectivity index (χ0v) is 7.91. The third kappa shape index (κ3) is 1.74. The van der Waals surface area contributed by atoms with Gasteiger partial charge in [-0.3, -0.25) is 0 Å². The van der Waals surface area contributed by atoms with Gasteiger partial charge in [0.2, 0.25) is 0 Å². The van der Waals surface area contributed by atoms with Crippen molar-refractivity contribution in [1.82, 2.24) is 0 Å². The Morgan fingerprint density at radius 3 is 2.64 bits per heavy atom. The summed E-state index contributed by atoms with van der Waals surface area (Å²) in [4.78, 5) is 0. The van der Waals surface area contributed by atoms with Crippen molar-refractivity contribution in [3.63, 3.8) is 0 Å². The molecular formula is C11H18. The fourth-order valence-electron chi connectivity index (χ4n) is 1.85. The minimum atomic E-state index is 0.787. The Bertz CT molecular complexity index is 196. The molecule has 1 aliphatic carbocycles. The van der Waals surface area contributed by atoms with Crippen LogP contribution in [0.2, 0.25) is 0 Å². The summed E-state index contributed by atoms with van der Waals surface area (Å²) < 4.78 is 0. The van der Waals surface area contributed by atoms with Crippen molar-refractivity contribution in [2.45, 2.75) is 40.0 Å². The van der Waals surface area contributed by atoms with E-state index < -0.39 is 0 Å². The van der Waals surface area contributed by atoms with Crippen molar-refractivity contribution in [1.29, 1.82) is 0 Å². The summed E-state index contributed by atoms with van der Waals surface area (Å²) in [5.41, 5.74) is 4.38. The average Bonchev–Trinajstić information content (AvgIpc) is 1.94. The zero-order valence-electron chi connectivity index (χ0n) is 7.91. The topological polar surface area (TPSA) is 0 Å². The van der Waals surface area contributed by atoms with Crippen LogP contribution < -0.4 is 0 Å². The summed E-state index contributed by atoms with van der Waals surface area (Å²) >= 11 is 0. The smallest absolute Gasteiger partial charge is 0.0228 e. The van der Waals surface area contributed by atoms with Crippen molar-refractivity contribution in [2.75, 3.05) is 0 Å². The molecule has 0 spiro atoms. The van der Waals surface area contributed by atoms with E-state index in [2.05, 4.69) is 27.4 Å². The molecule has 1 atom stereocenters. The monoisotopic (exact) mass is 150 g/mol. The van der Waals surface area contributed by atoms with Crippen molar-refractivity contribution >= 4 is 0 Å². The van der Waals surface area contributed by atoms with Gasteiger partial charge in [0.25, 0.3) is 0 Å². The van der Waals surface area contributed by atoms with E-state index in [4.69, 9.17) is 0 Å². The normalized spacial score (nSPS) is 25.5. The Kier molecular flexibility index (Phi) is 2.53. The quantitative estimate of drug-likeness (QED) is 0.534. The largest absolute Gasteiger partial charge is 0.0958 e. The molecule has 0 aromatic heterocycles. The summed E-state index contributed by atoms with van der Waals surface area (Å²) in [5.74, 6) is 0.787. The highest BCUT2D eigenvalue weighted by Gasteiger charge is 2.15. The maximum absolute atomic E-state index is 4.01. The first kappa shape index (κ1) is 8.58. The molecule has 11 heavy (non-hydrogen) atoms. The van der Waals surface area contributed by atoms with E-state index in [9.17, 15) is 0 Å². The molecule has 0 saturated carbocycles. The molecule has 62 valence electrons. The highest BCUT2D eigenvalue weighted by molar-refractivity contribution is 5.33. The molecule has 0 aromatic carbocycles. The van der Waals surface area contributed by atoms with Gasteiger partial charge < -0.3 is 0 Å². The predicted octanol–water partition coefficient (Wildman–Crippen LogP) is 3.70. The average molecular weight is 150 g/mol. The van der Waals surface area contributed by atoms with Crippen LogP contribution in [0.15, 0.2) is 23.3 Å². The van der Waals surface area contributed by atoms with Crippen LogP contribution in [0.1, 0.15) is 40.0 Å². The van der Waals surface area contributed by atoms with Gasteiger partial charge in [-0.25, -0.2) is 0 Å². The lowest BCUT2D eigenvalue weighted by atomic mass is 9.82. The maximum Gasteiger partial charge on any atom is -0.0228 e. The lowest BCUT2D eigenvalue weighted by Crippen LogP contribution is -2.07. The van der Waals surface area contributed by atoms with Gasteiger partial charge in [0.05, 0.1) is 0 Å². The van der Waals surface area contributed by atoms with E-state index in [1.807, 2.05) is 0 Å². The first-order chi connectivity index (χ1) is 5.13. The Morgan fingerprint density at radius 1 is 1.55 bits per heavy atom. The first-order valence-electron chi connectivity index (χ1n) is 4.48. The molecule has 0 N–H and O–H groups in total. The van der Waals surface area contributed by atoms with Gasteiger partial charge in [-0.05, 0) is 44.6 Å². The molecule has 0 bridgehead atoms. The van der Waals surface area contributed by atoms with Crippen LogP contribution in [0, 0.1) is 5.92 Å². The van der Waals surface area contributed by atoms with E-state index in [-0.39, 0.29) is 0 Å². The van der Waals surface area contributed by atoms with Crippen molar-refractivity contribution < 1.29 is 0 Å². The Labute approximate surface area is 70.0 Å². The van der Waals surface area contributed by atoms with E-state index in [0.29, 0.717) is 0 Å². The van der Waals surface area contributed by atoms with Gasteiger partial charge in [0.1, 0.15) is 0 Å². The molecule has 1 unspecified atom stereocenters. The highest BCUT2D eigenvalue weighted by Crippen LogP contribution is 2.32. The molecule has 0 nitrogen and oxygen atoms in total. The fourth-order valence-corrected chi connectivity index (χ4v) is 1.85. The zero-order chi connectivity index (χ0) is 8.43. The van der Waals surface area contributed by atoms with Crippen LogP contribution in [-0.2, 0) is 0 Å². The molecule has 1 aliphatic rings. The lowest BCUT2D eigenvalue weighted by Gasteiger charge is -2.23. The van der Waals surface area contributed by atoms with Crippen LogP contribution in [0.3, 0.4) is 0 Å². The van der Waals surface area contributed by atoms with E-state index in [1.165, 1.54) is 30.4 Å². The third-order valence-corrected chi connectivity index (χ3v) is 2.79. The summed E-state index contributed by atoms with van der Waals surface area (Å²) in [6.07, 6.45) is 3.97. The fraction of sp³-hybridized carbons (Fsp3) is 0.636. The van der Waals surface area contributed by atoms with Crippen molar-refractivity contribution in [3.05, 3.63) is 23.3 Å². The van der Waals surface area contributed by atoms with E-state index >= 15 is 0 Å². The number of hydrogen-bond donors (Lipinski definition) is 0. The molecule has 0 aliphatic heterocycles. The Hall–Kier alpha value is -0.520. The SMILES string of the molecule is C=C(C)C1=C(C)C(C)CCC1. The number of allylic oxidation sites excluding steroid dienone is 3. The van der Waals surface area contributed by atoms with Gasteiger partial charge in [0.15, 0.2) is 0 Å². The van der Waals surface area contributed by atoms with Crippen LogP contribution in [0.4, 0.5) is 0 Å². The summed E-state index contributed by atoms with van der Waals surface area (Å²) in [6, 6.07) is 0. The molecule has 0 saturated heterocycles. The maximum atomic E-state index is 4.01. The molecule has 0 heterocycles. The van der Waals surface area contributed by atoms with Crippen LogP contribution >= 0.6 is 0 Å².